The minimum atomic E-state index is 0.639. The summed E-state index contributed by atoms with van der Waals surface area (Å²) in [7, 11) is 0. The van der Waals surface area contributed by atoms with Gasteiger partial charge in [-0.2, -0.15) is 0 Å². The van der Waals surface area contributed by atoms with Gasteiger partial charge in [0.15, 0.2) is 0 Å². The first-order valence-corrected chi connectivity index (χ1v) is 7.00. The van der Waals surface area contributed by atoms with Gasteiger partial charge in [0.05, 0.1) is 10.2 Å². The summed E-state index contributed by atoms with van der Waals surface area (Å²) >= 11 is 8.15. The standard InChI is InChI=1S/C12H15ClINO/c13-10-3-4-12(11(14)6-10)16-8-9-2-1-5-15-7-9/h3-4,6,9,15H,1-2,5,7-8H2/t9-/m0/s1. The molecule has 2 rings (SSSR count). The molecule has 0 amide bonds. The number of hydrogen-bond acceptors (Lipinski definition) is 2. The molecule has 0 unspecified atom stereocenters. The van der Waals surface area contributed by atoms with E-state index in [9.17, 15) is 0 Å². The molecular formula is C12H15ClINO. The van der Waals surface area contributed by atoms with Gasteiger partial charge in [-0.25, -0.2) is 0 Å². The topological polar surface area (TPSA) is 21.3 Å². The molecule has 1 heterocycles. The van der Waals surface area contributed by atoms with E-state index in [1.54, 1.807) is 0 Å². The molecule has 0 bridgehead atoms. The van der Waals surface area contributed by atoms with Gasteiger partial charge in [0.25, 0.3) is 0 Å². The second kappa shape index (κ2) is 6.07. The fourth-order valence-electron chi connectivity index (χ4n) is 1.87. The molecule has 4 heteroatoms. The van der Waals surface area contributed by atoms with Crippen LogP contribution in [0.15, 0.2) is 18.2 Å². The summed E-state index contributed by atoms with van der Waals surface area (Å²) in [5.74, 6) is 1.58. The molecule has 0 spiro atoms. The third-order valence-electron chi connectivity index (χ3n) is 2.77. The average molecular weight is 352 g/mol. The summed E-state index contributed by atoms with van der Waals surface area (Å²) in [6, 6.07) is 5.75. The molecular weight excluding hydrogens is 336 g/mol. The SMILES string of the molecule is Clc1ccc(OC[C@H]2CCCNC2)c(I)c1. The van der Waals surface area contributed by atoms with Crippen LogP contribution in [0.5, 0.6) is 5.75 Å². The fourth-order valence-corrected chi connectivity index (χ4v) is 2.89. The zero-order valence-corrected chi connectivity index (χ0v) is 11.9. The van der Waals surface area contributed by atoms with E-state index in [-0.39, 0.29) is 0 Å². The van der Waals surface area contributed by atoms with E-state index in [0.717, 1.165) is 34.0 Å². The van der Waals surface area contributed by atoms with Crippen molar-refractivity contribution in [2.24, 2.45) is 5.92 Å². The molecule has 16 heavy (non-hydrogen) atoms. The predicted molar refractivity (Wildman–Crippen MR) is 75.3 cm³/mol. The van der Waals surface area contributed by atoms with E-state index in [1.807, 2.05) is 18.2 Å². The van der Waals surface area contributed by atoms with E-state index >= 15 is 0 Å². The van der Waals surface area contributed by atoms with E-state index in [4.69, 9.17) is 16.3 Å². The summed E-state index contributed by atoms with van der Waals surface area (Å²) in [6.45, 7) is 3.02. The van der Waals surface area contributed by atoms with Crippen LogP contribution in [0.3, 0.4) is 0 Å². The molecule has 0 radical (unpaired) electrons. The smallest absolute Gasteiger partial charge is 0.132 e. The maximum atomic E-state index is 5.90. The van der Waals surface area contributed by atoms with Crippen LogP contribution in [0.1, 0.15) is 12.8 Å². The van der Waals surface area contributed by atoms with Crippen LogP contribution >= 0.6 is 34.2 Å². The lowest BCUT2D eigenvalue weighted by molar-refractivity contribution is 0.217. The monoisotopic (exact) mass is 351 g/mol. The van der Waals surface area contributed by atoms with Gasteiger partial charge in [0, 0.05) is 17.5 Å². The summed E-state index contributed by atoms with van der Waals surface area (Å²) < 4.78 is 6.90. The normalized spacial score (nSPS) is 20.8. The van der Waals surface area contributed by atoms with Crippen LogP contribution in [0.2, 0.25) is 5.02 Å². The van der Waals surface area contributed by atoms with Crippen LogP contribution in [-0.4, -0.2) is 19.7 Å². The van der Waals surface area contributed by atoms with E-state index in [1.165, 1.54) is 12.8 Å². The van der Waals surface area contributed by atoms with Crippen molar-refractivity contribution in [3.63, 3.8) is 0 Å². The Morgan fingerprint density at radius 3 is 3.06 bits per heavy atom. The van der Waals surface area contributed by atoms with Crippen LogP contribution < -0.4 is 10.1 Å². The molecule has 88 valence electrons. The molecule has 1 aromatic rings. The minimum absolute atomic E-state index is 0.639. The van der Waals surface area contributed by atoms with E-state index in [2.05, 4.69) is 27.9 Å². The van der Waals surface area contributed by atoms with Crippen molar-refractivity contribution in [1.29, 1.82) is 0 Å². The van der Waals surface area contributed by atoms with Gasteiger partial charge in [-0.15, -0.1) is 0 Å². The lowest BCUT2D eigenvalue weighted by atomic mass is 10.0. The summed E-state index contributed by atoms with van der Waals surface area (Å²) in [6.07, 6.45) is 2.52. The third kappa shape index (κ3) is 3.50. The molecule has 0 aromatic heterocycles. The van der Waals surface area contributed by atoms with Crippen LogP contribution in [0.4, 0.5) is 0 Å². The highest BCUT2D eigenvalue weighted by Gasteiger charge is 2.14. The molecule has 1 aliphatic rings. The Morgan fingerprint density at radius 1 is 1.50 bits per heavy atom. The molecule has 1 aliphatic heterocycles. The third-order valence-corrected chi connectivity index (χ3v) is 3.85. The second-order valence-corrected chi connectivity index (χ2v) is 5.70. The summed E-state index contributed by atoms with van der Waals surface area (Å²) in [5.41, 5.74) is 0. The predicted octanol–water partition coefficient (Wildman–Crippen LogP) is 3.32. The Balaban J connectivity index is 1.88. The maximum Gasteiger partial charge on any atom is 0.132 e. The average Bonchev–Trinajstić information content (AvgIpc) is 2.29. The van der Waals surface area contributed by atoms with E-state index in [0.29, 0.717) is 5.92 Å². The van der Waals surface area contributed by atoms with Crippen molar-refractivity contribution >= 4 is 34.2 Å². The first-order valence-electron chi connectivity index (χ1n) is 5.54. The van der Waals surface area contributed by atoms with Gasteiger partial charge >= 0.3 is 0 Å². The second-order valence-electron chi connectivity index (χ2n) is 4.10. The Labute approximate surface area is 115 Å². The molecule has 1 atom stereocenters. The molecule has 1 N–H and O–H groups in total. The molecule has 2 nitrogen and oxygen atoms in total. The van der Waals surface area contributed by atoms with Crippen LogP contribution in [0.25, 0.3) is 0 Å². The summed E-state index contributed by atoms with van der Waals surface area (Å²) in [5, 5.41) is 4.15. The quantitative estimate of drug-likeness (QED) is 0.844. The van der Waals surface area contributed by atoms with Crippen molar-refractivity contribution < 1.29 is 4.74 Å². The zero-order valence-electron chi connectivity index (χ0n) is 9.01. The molecule has 1 aromatic carbocycles. The number of nitrogens with one attached hydrogen (secondary N) is 1. The molecule has 0 aliphatic carbocycles. The number of hydrogen-bond donors (Lipinski definition) is 1. The van der Waals surface area contributed by atoms with Crippen LogP contribution in [-0.2, 0) is 0 Å². The number of ether oxygens (including phenoxy) is 1. The molecule has 1 fully saturated rings. The first-order chi connectivity index (χ1) is 7.75. The van der Waals surface area contributed by atoms with Gasteiger partial charge in [0.1, 0.15) is 5.75 Å². The Bertz CT molecular complexity index is 353. The number of rotatable bonds is 3. The maximum absolute atomic E-state index is 5.90. The Kier molecular flexibility index (Phi) is 4.73. The molecule has 1 saturated heterocycles. The highest BCUT2D eigenvalue weighted by Crippen LogP contribution is 2.25. The van der Waals surface area contributed by atoms with Crippen molar-refractivity contribution in [1.82, 2.24) is 5.32 Å². The van der Waals surface area contributed by atoms with Crippen molar-refractivity contribution in [2.45, 2.75) is 12.8 Å². The lowest BCUT2D eigenvalue weighted by Gasteiger charge is -2.23. The fraction of sp³-hybridized carbons (Fsp3) is 0.500. The van der Waals surface area contributed by atoms with Crippen LogP contribution in [0, 0.1) is 9.49 Å². The van der Waals surface area contributed by atoms with Gasteiger partial charge in [0.2, 0.25) is 0 Å². The van der Waals surface area contributed by atoms with E-state index < -0.39 is 0 Å². The highest BCUT2D eigenvalue weighted by molar-refractivity contribution is 14.1. The summed E-state index contributed by atoms with van der Waals surface area (Å²) in [4.78, 5) is 0. The van der Waals surface area contributed by atoms with Gasteiger partial charge in [-0.3, -0.25) is 0 Å². The van der Waals surface area contributed by atoms with Crippen molar-refractivity contribution in [3.8, 4) is 5.75 Å². The van der Waals surface area contributed by atoms with Gasteiger partial charge in [-0.05, 0) is 60.2 Å². The number of piperidine rings is 1. The largest absolute Gasteiger partial charge is 0.492 e. The van der Waals surface area contributed by atoms with Crippen molar-refractivity contribution in [2.75, 3.05) is 19.7 Å². The minimum Gasteiger partial charge on any atom is -0.492 e. The zero-order chi connectivity index (χ0) is 11.4. The van der Waals surface area contributed by atoms with Crippen molar-refractivity contribution in [3.05, 3.63) is 26.8 Å². The van der Waals surface area contributed by atoms with Gasteiger partial charge < -0.3 is 10.1 Å². The molecule has 0 saturated carbocycles. The number of halogens is 2. The van der Waals surface area contributed by atoms with Gasteiger partial charge in [-0.1, -0.05) is 11.6 Å². The number of benzene rings is 1. The first kappa shape index (κ1) is 12.5. The highest BCUT2D eigenvalue weighted by atomic mass is 127. The lowest BCUT2D eigenvalue weighted by Crippen LogP contribution is -2.33. The Morgan fingerprint density at radius 2 is 2.38 bits per heavy atom. The Hall–Kier alpha value is -0.000000000000000111.